The maximum Gasteiger partial charge on any atom is 0.391 e. The zero-order valence-corrected chi connectivity index (χ0v) is 12.3. The van der Waals surface area contributed by atoms with E-state index in [9.17, 15) is 13.2 Å². The predicted molar refractivity (Wildman–Crippen MR) is 75.1 cm³/mol. The highest BCUT2D eigenvalue weighted by Crippen LogP contribution is 2.42. The molecule has 1 aliphatic rings. The quantitative estimate of drug-likeness (QED) is 0.814. The Morgan fingerprint density at radius 2 is 1.65 bits per heavy atom. The Hall–Kier alpha value is -0.450. The fraction of sp³-hybridized carbons (Fsp3) is 0.571. The summed E-state index contributed by atoms with van der Waals surface area (Å²) in [5.74, 6) is -1.24. The first kappa shape index (κ1) is 15.9. The fourth-order valence-electron chi connectivity index (χ4n) is 2.75. The first-order valence-electron chi connectivity index (χ1n) is 6.50. The van der Waals surface area contributed by atoms with Gasteiger partial charge < -0.3 is 5.73 Å². The number of benzene rings is 1. The van der Waals surface area contributed by atoms with Gasteiger partial charge in [-0.05, 0) is 49.8 Å². The van der Waals surface area contributed by atoms with Crippen molar-refractivity contribution in [3.8, 4) is 0 Å². The van der Waals surface area contributed by atoms with E-state index in [1.807, 2.05) is 0 Å². The van der Waals surface area contributed by atoms with Crippen LogP contribution in [0.5, 0.6) is 0 Å². The van der Waals surface area contributed by atoms with E-state index in [1.54, 1.807) is 18.2 Å². The maximum atomic E-state index is 12.7. The average molecular weight is 326 g/mol. The van der Waals surface area contributed by atoms with Gasteiger partial charge in [-0.1, -0.05) is 29.3 Å². The van der Waals surface area contributed by atoms with E-state index in [2.05, 4.69) is 0 Å². The number of nitrogens with two attached hydrogens (primary N) is 1. The monoisotopic (exact) mass is 325 g/mol. The largest absolute Gasteiger partial charge is 0.391 e. The fourth-order valence-corrected chi connectivity index (χ4v) is 3.28. The average Bonchev–Trinajstić information content (AvgIpc) is 2.33. The van der Waals surface area contributed by atoms with Gasteiger partial charge in [0, 0.05) is 15.6 Å². The third-order valence-electron chi connectivity index (χ3n) is 4.03. The van der Waals surface area contributed by atoms with Gasteiger partial charge in [-0.3, -0.25) is 0 Å². The van der Waals surface area contributed by atoms with Crippen LogP contribution < -0.4 is 5.73 Å². The number of halogens is 5. The molecule has 0 aliphatic heterocycles. The summed E-state index contributed by atoms with van der Waals surface area (Å²) in [7, 11) is 0. The molecule has 2 rings (SSSR count). The van der Waals surface area contributed by atoms with Crippen molar-refractivity contribution in [2.45, 2.75) is 43.8 Å². The van der Waals surface area contributed by atoms with E-state index >= 15 is 0 Å². The van der Waals surface area contributed by atoms with Crippen molar-refractivity contribution in [1.29, 1.82) is 0 Å². The summed E-state index contributed by atoms with van der Waals surface area (Å²) in [5.41, 5.74) is 6.32. The minimum Gasteiger partial charge on any atom is -0.325 e. The summed E-state index contributed by atoms with van der Waals surface area (Å²) >= 11 is 12.2. The second-order valence-electron chi connectivity index (χ2n) is 5.56. The van der Waals surface area contributed by atoms with Crippen molar-refractivity contribution in [3.63, 3.8) is 0 Å². The van der Waals surface area contributed by atoms with Gasteiger partial charge in [-0.2, -0.15) is 13.2 Å². The first-order chi connectivity index (χ1) is 9.21. The van der Waals surface area contributed by atoms with Crippen molar-refractivity contribution >= 4 is 23.2 Å². The van der Waals surface area contributed by atoms with Gasteiger partial charge in [0.25, 0.3) is 0 Å². The third-order valence-corrected chi connectivity index (χ3v) is 4.74. The maximum absolute atomic E-state index is 12.7. The zero-order chi connectivity index (χ0) is 15.0. The number of alkyl halides is 3. The van der Waals surface area contributed by atoms with Gasteiger partial charge in [0.05, 0.1) is 5.92 Å². The highest BCUT2D eigenvalue weighted by molar-refractivity contribution is 6.36. The van der Waals surface area contributed by atoms with E-state index in [1.165, 1.54) is 0 Å². The molecule has 1 aromatic carbocycles. The standard InChI is InChI=1S/C14H16Cl2F3N/c15-11-2-1-3-12(16)10(11)8-13(20)6-4-9(5-7-13)14(17,18)19/h1-3,9H,4-8,20H2. The van der Waals surface area contributed by atoms with Crippen molar-refractivity contribution in [2.24, 2.45) is 11.7 Å². The van der Waals surface area contributed by atoms with E-state index in [0.717, 1.165) is 5.56 Å². The molecule has 0 bridgehead atoms. The molecule has 0 atom stereocenters. The molecule has 1 nitrogen and oxygen atoms in total. The van der Waals surface area contributed by atoms with E-state index in [4.69, 9.17) is 28.9 Å². The smallest absolute Gasteiger partial charge is 0.325 e. The Balaban J connectivity index is 2.08. The van der Waals surface area contributed by atoms with Crippen LogP contribution in [-0.2, 0) is 6.42 Å². The zero-order valence-electron chi connectivity index (χ0n) is 10.8. The lowest BCUT2D eigenvalue weighted by Gasteiger charge is -2.38. The third kappa shape index (κ3) is 3.60. The van der Waals surface area contributed by atoms with E-state index in [0.29, 0.717) is 29.3 Å². The lowest BCUT2D eigenvalue weighted by atomic mass is 9.74. The molecule has 2 N–H and O–H groups in total. The molecule has 0 amide bonds. The van der Waals surface area contributed by atoms with Gasteiger partial charge in [-0.25, -0.2) is 0 Å². The van der Waals surface area contributed by atoms with Crippen LogP contribution in [-0.4, -0.2) is 11.7 Å². The van der Waals surface area contributed by atoms with Gasteiger partial charge in [0.2, 0.25) is 0 Å². The summed E-state index contributed by atoms with van der Waals surface area (Å²) < 4.78 is 38.0. The summed E-state index contributed by atoms with van der Waals surface area (Å²) in [4.78, 5) is 0. The summed E-state index contributed by atoms with van der Waals surface area (Å²) in [6.07, 6.45) is -2.90. The van der Waals surface area contributed by atoms with Gasteiger partial charge in [0.1, 0.15) is 0 Å². The van der Waals surface area contributed by atoms with Crippen LogP contribution in [0.2, 0.25) is 10.0 Å². The molecule has 0 heterocycles. The van der Waals surface area contributed by atoms with Crippen LogP contribution in [0.3, 0.4) is 0 Å². The summed E-state index contributed by atoms with van der Waals surface area (Å²) in [5, 5.41) is 1.03. The van der Waals surface area contributed by atoms with Crippen LogP contribution >= 0.6 is 23.2 Å². The molecule has 0 spiro atoms. The number of hydrogen-bond acceptors (Lipinski definition) is 1. The molecular formula is C14H16Cl2F3N. The van der Waals surface area contributed by atoms with Crippen LogP contribution in [0.25, 0.3) is 0 Å². The topological polar surface area (TPSA) is 26.0 Å². The van der Waals surface area contributed by atoms with Gasteiger partial charge in [-0.15, -0.1) is 0 Å². The molecule has 1 aliphatic carbocycles. The Labute approximate surface area is 126 Å². The minimum atomic E-state index is -4.12. The normalized spacial score (nSPS) is 27.6. The van der Waals surface area contributed by atoms with Crippen LogP contribution in [0.4, 0.5) is 13.2 Å². The highest BCUT2D eigenvalue weighted by atomic mass is 35.5. The first-order valence-corrected chi connectivity index (χ1v) is 7.25. The molecule has 0 unspecified atom stereocenters. The van der Waals surface area contributed by atoms with Crippen molar-refractivity contribution in [1.82, 2.24) is 0 Å². The van der Waals surface area contributed by atoms with Gasteiger partial charge in [0.15, 0.2) is 0 Å². The summed E-state index contributed by atoms with van der Waals surface area (Å²) in [6.45, 7) is 0. The lowest BCUT2D eigenvalue weighted by Crippen LogP contribution is -2.47. The molecular weight excluding hydrogens is 310 g/mol. The molecule has 112 valence electrons. The minimum absolute atomic E-state index is 0.0715. The molecule has 1 aromatic rings. The Kier molecular flexibility index (Phi) is 4.57. The highest BCUT2D eigenvalue weighted by Gasteiger charge is 2.44. The molecule has 20 heavy (non-hydrogen) atoms. The summed E-state index contributed by atoms with van der Waals surface area (Å²) in [6, 6.07) is 5.17. The lowest BCUT2D eigenvalue weighted by molar-refractivity contribution is -0.184. The second kappa shape index (κ2) is 5.74. The van der Waals surface area contributed by atoms with Crippen LogP contribution in [0, 0.1) is 5.92 Å². The van der Waals surface area contributed by atoms with Crippen molar-refractivity contribution < 1.29 is 13.2 Å². The Morgan fingerprint density at radius 1 is 1.15 bits per heavy atom. The van der Waals surface area contributed by atoms with Crippen LogP contribution in [0.1, 0.15) is 31.2 Å². The molecule has 0 saturated heterocycles. The van der Waals surface area contributed by atoms with Gasteiger partial charge >= 0.3 is 6.18 Å². The molecule has 0 aromatic heterocycles. The van der Waals surface area contributed by atoms with Crippen molar-refractivity contribution in [3.05, 3.63) is 33.8 Å². The molecule has 1 saturated carbocycles. The molecule has 6 heteroatoms. The SMILES string of the molecule is NC1(Cc2c(Cl)cccc2Cl)CCC(C(F)(F)F)CC1. The van der Waals surface area contributed by atoms with E-state index < -0.39 is 17.6 Å². The Bertz CT molecular complexity index is 460. The molecule has 1 fully saturated rings. The van der Waals surface area contributed by atoms with Crippen molar-refractivity contribution in [2.75, 3.05) is 0 Å². The Morgan fingerprint density at radius 3 is 2.10 bits per heavy atom. The predicted octanol–water partition coefficient (Wildman–Crippen LogP) is 4.99. The molecule has 0 radical (unpaired) electrons. The van der Waals surface area contributed by atoms with E-state index in [-0.39, 0.29) is 12.8 Å². The number of rotatable bonds is 2. The number of hydrogen-bond donors (Lipinski definition) is 1. The second-order valence-corrected chi connectivity index (χ2v) is 6.37. The van der Waals surface area contributed by atoms with Crippen LogP contribution in [0.15, 0.2) is 18.2 Å².